The Balaban J connectivity index is 4.00. The zero-order chi connectivity index (χ0) is 21.7. The van der Waals surface area contributed by atoms with E-state index in [2.05, 4.69) is 32.6 Å². The van der Waals surface area contributed by atoms with E-state index in [0.29, 0.717) is 0 Å². The second kappa shape index (κ2) is 20.7. The minimum atomic E-state index is -0.0985. The first-order valence-corrected chi connectivity index (χ1v) is 13.1. The molecule has 0 radical (unpaired) electrons. The van der Waals surface area contributed by atoms with Crippen molar-refractivity contribution in [1.82, 2.24) is 4.90 Å². The summed E-state index contributed by atoms with van der Waals surface area (Å²) < 4.78 is 0. The summed E-state index contributed by atoms with van der Waals surface area (Å²) in [7, 11) is 0. The highest BCUT2D eigenvalue weighted by Crippen LogP contribution is 2.21. The highest BCUT2D eigenvalue weighted by Gasteiger charge is 2.26. The maximum absolute atomic E-state index is 12.1. The quantitative estimate of drug-likeness (QED) is 0.188. The third kappa shape index (κ3) is 15.9. The molecule has 0 saturated carbocycles. The average Bonchev–Trinajstić information content (AvgIpc) is 2.71. The van der Waals surface area contributed by atoms with Crippen LogP contribution in [0.15, 0.2) is 0 Å². The fraction of sp³-hybridized carbons (Fsp3) is 0.962. The lowest BCUT2D eigenvalue weighted by Gasteiger charge is -2.33. The third-order valence-corrected chi connectivity index (χ3v) is 6.49. The Bertz CT molecular complexity index is 351. The van der Waals surface area contributed by atoms with E-state index in [4.69, 9.17) is 5.73 Å². The van der Waals surface area contributed by atoms with Gasteiger partial charge in [-0.3, -0.25) is 9.69 Å². The zero-order valence-corrected chi connectivity index (χ0v) is 20.5. The van der Waals surface area contributed by atoms with Crippen LogP contribution in [-0.4, -0.2) is 29.9 Å². The van der Waals surface area contributed by atoms with Gasteiger partial charge in [0, 0.05) is 6.04 Å². The van der Waals surface area contributed by atoms with E-state index in [9.17, 15) is 4.79 Å². The Morgan fingerprint density at radius 1 is 0.655 bits per heavy atom. The molecule has 0 bridgehead atoms. The maximum atomic E-state index is 12.1. The van der Waals surface area contributed by atoms with Crippen molar-refractivity contribution in [1.29, 1.82) is 0 Å². The molecule has 3 heteroatoms. The Morgan fingerprint density at radius 3 is 1.41 bits per heavy atom. The number of carbonyl (C=O) groups is 1. The topological polar surface area (TPSA) is 46.3 Å². The van der Waals surface area contributed by atoms with E-state index < -0.39 is 0 Å². The number of amides is 1. The molecule has 2 atom stereocenters. The van der Waals surface area contributed by atoms with Gasteiger partial charge in [-0.2, -0.15) is 0 Å². The van der Waals surface area contributed by atoms with E-state index >= 15 is 0 Å². The molecule has 2 unspecified atom stereocenters. The predicted octanol–water partition coefficient (Wildman–Crippen LogP) is 7.47. The molecule has 0 aromatic heterocycles. The summed E-state index contributed by atoms with van der Waals surface area (Å²) in [6, 6.07) is 0.276. The van der Waals surface area contributed by atoms with Gasteiger partial charge >= 0.3 is 0 Å². The fourth-order valence-electron chi connectivity index (χ4n) is 4.32. The SMILES string of the molecule is CCCCCCCCCCCCCCC(C(N)=O)C(C)N(CCCC)CCCC. The van der Waals surface area contributed by atoms with Gasteiger partial charge in [0.25, 0.3) is 0 Å². The first-order valence-electron chi connectivity index (χ1n) is 13.1. The largest absolute Gasteiger partial charge is 0.369 e. The molecule has 2 N–H and O–H groups in total. The van der Waals surface area contributed by atoms with Crippen molar-refractivity contribution in [2.24, 2.45) is 11.7 Å². The minimum Gasteiger partial charge on any atom is -0.369 e. The number of hydrogen-bond acceptors (Lipinski definition) is 2. The summed E-state index contributed by atoms with van der Waals surface area (Å²) in [6.07, 6.45) is 22.0. The van der Waals surface area contributed by atoms with E-state index in [1.165, 1.54) is 96.3 Å². The molecule has 174 valence electrons. The third-order valence-electron chi connectivity index (χ3n) is 6.49. The normalized spacial score (nSPS) is 13.7. The summed E-state index contributed by atoms with van der Waals surface area (Å²) in [6.45, 7) is 11.2. The first-order chi connectivity index (χ1) is 14.1. The van der Waals surface area contributed by atoms with Crippen molar-refractivity contribution in [3.8, 4) is 0 Å². The van der Waals surface area contributed by atoms with Crippen LogP contribution >= 0.6 is 0 Å². The zero-order valence-electron chi connectivity index (χ0n) is 20.5. The Labute approximate surface area is 183 Å². The average molecular weight is 411 g/mol. The molecule has 0 aliphatic heterocycles. The number of nitrogens with zero attached hydrogens (tertiary/aromatic N) is 1. The minimum absolute atomic E-state index is 0.00633. The van der Waals surface area contributed by atoms with Crippen molar-refractivity contribution in [3.63, 3.8) is 0 Å². The summed E-state index contributed by atoms with van der Waals surface area (Å²) >= 11 is 0. The first kappa shape index (κ1) is 28.4. The molecule has 0 fully saturated rings. The van der Waals surface area contributed by atoms with Crippen LogP contribution in [-0.2, 0) is 4.79 Å². The van der Waals surface area contributed by atoms with Crippen LogP contribution in [0, 0.1) is 5.92 Å². The van der Waals surface area contributed by atoms with Gasteiger partial charge in [-0.05, 0) is 39.3 Å². The molecule has 0 rings (SSSR count). The van der Waals surface area contributed by atoms with Crippen LogP contribution < -0.4 is 5.73 Å². The number of unbranched alkanes of at least 4 members (excludes halogenated alkanes) is 13. The molecular weight excluding hydrogens is 356 g/mol. The van der Waals surface area contributed by atoms with Crippen molar-refractivity contribution in [3.05, 3.63) is 0 Å². The van der Waals surface area contributed by atoms with Crippen molar-refractivity contribution in [2.45, 2.75) is 143 Å². The summed E-state index contributed by atoms with van der Waals surface area (Å²) in [5.41, 5.74) is 5.81. The second-order valence-corrected chi connectivity index (χ2v) is 9.17. The lowest BCUT2D eigenvalue weighted by atomic mass is 9.91. The van der Waals surface area contributed by atoms with Gasteiger partial charge in [0.1, 0.15) is 0 Å². The standard InChI is InChI=1S/C26H54N2O/c1-5-8-11-12-13-14-15-16-17-18-19-20-21-25(26(27)29)24(4)28(22-9-6-2)23-10-7-3/h24-25H,5-23H2,1-4H3,(H2,27,29). The molecule has 0 aliphatic carbocycles. The maximum Gasteiger partial charge on any atom is 0.222 e. The Morgan fingerprint density at radius 2 is 1.03 bits per heavy atom. The molecule has 0 heterocycles. The molecule has 0 aliphatic rings. The number of nitrogens with two attached hydrogens (primary N) is 1. The Hall–Kier alpha value is -0.570. The number of primary amides is 1. The van der Waals surface area contributed by atoms with Crippen LogP contribution in [0.4, 0.5) is 0 Å². The lowest BCUT2D eigenvalue weighted by molar-refractivity contribution is -0.124. The molecule has 1 amide bonds. The van der Waals surface area contributed by atoms with Gasteiger partial charge in [0.15, 0.2) is 0 Å². The van der Waals surface area contributed by atoms with Crippen LogP contribution in [0.2, 0.25) is 0 Å². The van der Waals surface area contributed by atoms with Crippen molar-refractivity contribution in [2.75, 3.05) is 13.1 Å². The molecular formula is C26H54N2O. The van der Waals surface area contributed by atoms with E-state index in [1.54, 1.807) is 0 Å². The summed E-state index contributed by atoms with van der Waals surface area (Å²) in [4.78, 5) is 14.6. The number of carbonyl (C=O) groups excluding carboxylic acids is 1. The number of hydrogen-bond donors (Lipinski definition) is 1. The second-order valence-electron chi connectivity index (χ2n) is 9.17. The number of rotatable bonds is 22. The highest BCUT2D eigenvalue weighted by molar-refractivity contribution is 5.77. The molecule has 0 spiro atoms. The van der Waals surface area contributed by atoms with Crippen LogP contribution in [0.1, 0.15) is 137 Å². The molecule has 0 aromatic rings. The Kier molecular flexibility index (Phi) is 20.3. The van der Waals surface area contributed by atoms with E-state index in [-0.39, 0.29) is 17.9 Å². The van der Waals surface area contributed by atoms with Gasteiger partial charge in [0.2, 0.25) is 5.91 Å². The van der Waals surface area contributed by atoms with Gasteiger partial charge in [-0.1, -0.05) is 111 Å². The van der Waals surface area contributed by atoms with Gasteiger partial charge in [0.05, 0.1) is 5.92 Å². The molecule has 0 saturated heterocycles. The van der Waals surface area contributed by atoms with Crippen molar-refractivity contribution >= 4 is 5.91 Å². The van der Waals surface area contributed by atoms with Crippen LogP contribution in [0.3, 0.4) is 0 Å². The monoisotopic (exact) mass is 410 g/mol. The molecule has 3 nitrogen and oxygen atoms in total. The predicted molar refractivity (Wildman–Crippen MR) is 129 cm³/mol. The van der Waals surface area contributed by atoms with E-state index in [0.717, 1.165) is 25.9 Å². The summed E-state index contributed by atoms with van der Waals surface area (Å²) in [5, 5.41) is 0. The van der Waals surface area contributed by atoms with Crippen molar-refractivity contribution < 1.29 is 4.79 Å². The van der Waals surface area contributed by atoms with Gasteiger partial charge in [-0.15, -0.1) is 0 Å². The lowest BCUT2D eigenvalue weighted by Crippen LogP contribution is -2.44. The summed E-state index contributed by atoms with van der Waals surface area (Å²) in [5.74, 6) is -0.0922. The smallest absolute Gasteiger partial charge is 0.222 e. The molecule has 29 heavy (non-hydrogen) atoms. The van der Waals surface area contributed by atoms with Gasteiger partial charge < -0.3 is 5.73 Å². The fourth-order valence-corrected chi connectivity index (χ4v) is 4.32. The molecule has 0 aromatic carbocycles. The van der Waals surface area contributed by atoms with Gasteiger partial charge in [-0.25, -0.2) is 0 Å². The van der Waals surface area contributed by atoms with Crippen LogP contribution in [0.25, 0.3) is 0 Å². The highest BCUT2D eigenvalue weighted by atomic mass is 16.1. The van der Waals surface area contributed by atoms with Crippen LogP contribution in [0.5, 0.6) is 0 Å². The van der Waals surface area contributed by atoms with E-state index in [1.807, 2.05) is 0 Å².